The number of rotatable bonds is 15. The average molecular weight is 413 g/mol. The van der Waals surface area contributed by atoms with Crippen LogP contribution in [0.25, 0.3) is 0 Å². The highest BCUT2D eigenvalue weighted by Crippen LogP contribution is 2.17. The summed E-state index contributed by atoms with van der Waals surface area (Å²) in [7, 11) is 8.03. The van der Waals surface area contributed by atoms with E-state index in [1.54, 1.807) is 42.7 Å². The Labute approximate surface area is 157 Å². The fourth-order valence-corrected chi connectivity index (χ4v) is 10.1. The Hall–Kier alpha value is -0.0894. The van der Waals surface area contributed by atoms with E-state index in [1.807, 2.05) is 19.0 Å². The second kappa shape index (κ2) is 13.1. The molecule has 0 fully saturated rings. The van der Waals surface area contributed by atoms with Gasteiger partial charge in [-0.2, -0.15) is 0 Å². The maximum atomic E-state index is 5.63. The lowest BCUT2D eigenvalue weighted by molar-refractivity contribution is 0.123. The molecule has 0 saturated carbocycles. The first-order valence-corrected chi connectivity index (χ1v) is 13.6. The van der Waals surface area contributed by atoms with Crippen molar-refractivity contribution >= 4 is 27.1 Å². The molecule has 150 valence electrons. The van der Waals surface area contributed by atoms with Crippen molar-refractivity contribution in [2.24, 2.45) is 0 Å². The molecule has 0 aliphatic heterocycles. The molecule has 0 radical (unpaired) electrons. The molecule has 0 heterocycles. The number of nitrogens with one attached hydrogen (secondary N) is 1. The zero-order chi connectivity index (χ0) is 19.3. The summed E-state index contributed by atoms with van der Waals surface area (Å²) in [6.45, 7) is 0.884. The zero-order valence-corrected chi connectivity index (χ0v) is 20.4. The number of nitrogens with zero attached hydrogens (tertiary/aromatic N) is 1. The molecule has 11 heteroatoms. The normalized spacial score (nSPS) is 13.8. The van der Waals surface area contributed by atoms with Gasteiger partial charge in [0.1, 0.15) is 0 Å². The molecule has 8 nitrogen and oxygen atoms in total. The monoisotopic (exact) mass is 412 g/mol. The van der Waals surface area contributed by atoms with Crippen molar-refractivity contribution in [1.82, 2.24) is 10.2 Å². The molecule has 0 aromatic carbocycles. The Morgan fingerprint density at radius 1 is 0.920 bits per heavy atom. The minimum absolute atomic E-state index is 0.620. The van der Waals surface area contributed by atoms with E-state index in [-0.39, 0.29) is 0 Å². The molecule has 0 aromatic heterocycles. The van der Waals surface area contributed by atoms with Crippen LogP contribution in [0.3, 0.4) is 0 Å². The van der Waals surface area contributed by atoms with Crippen LogP contribution in [-0.2, 0) is 26.6 Å². The second-order valence-corrected chi connectivity index (χ2v) is 14.2. The van der Waals surface area contributed by atoms with Gasteiger partial charge in [-0.1, -0.05) is 0 Å². The average Bonchev–Trinajstić information content (AvgIpc) is 2.63. The van der Waals surface area contributed by atoms with Gasteiger partial charge in [-0.05, 0) is 30.2 Å². The Balaban J connectivity index is 4.51. The van der Waals surface area contributed by atoms with E-state index < -0.39 is 27.1 Å². The molecule has 0 aliphatic rings. The number of hydrogen-bond donors (Lipinski definition) is 1. The Bertz CT molecular complexity index is 363. The van der Waals surface area contributed by atoms with Gasteiger partial charge < -0.3 is 36.8 Å². The van der Waals surface area contributed by atoms with Gasteiger partial charge in [0.2, 0.25) is 0 Å². The van der Waals surface area contributed by atoms with Crippen LogP contribution in [0.2, 0.25) is 6.04 Å². The van der Waals surface area contributed by atoms with Gasteiger partial charge in [-0.3, -0.25) is 0 Å². The largest absolute Gasteiger partial charge is 0.528 e. The van der Waals surface area contributed by atoms with E-state index in [2.05, 4.69) is 11.5 Å². The molecule has 0 unspecified atom stereocenters. The third kappa shape index (κ3) is 7.99. The summed E-state index contributed by atoms with van der Waals surface area (Å²) in [6.07, 6.45) is 3.95. The molecule has 0 saturated heterocycles. The van der Waals surface area contributed by atoms with Gasteiger partial charge in [0.05, 0.1) is 9.52 Å². The lowest BCUT2D eigenvalue weighted by Crippen LogP contribution is -2.49. The molecular weight excluding hydrogens is 376 g/mol. The van der Waals surface area contributed by atoms with Crippen LogP contribution < -0.4 is 5.32 Å². The third-order valence-electron chi connectivity index (χ3n) is 3.95. The van der Waals surface area contributed by atoms with Crippen molar-refractivity contribution < 1.29 is 26.6 Å². The van der Waals surface area contributed by atoms with E-state index in [1.165, 1.54) is 4.82 Å². The van der Waals surface area contributed by atoms with Crippen molar-refractivity contribution in [2.75, 3.05) is 69.5 Å². The van der Waals surface area contributed by atoms with Crippen LogP contribution in [0.5, 0.6) is 0 Å². The highest BCUT2D eigenvalue weighted by atomic mass is 28.4. The first-order chi connectivity index (χ1) is 11.9. The standard InChI is InChI=1S/C14H36N2O6Si3/c1-16(2)12-14(25(20-6,21-7)22-8)23-13-15-10-9-11-24(17-3,18-4)19-5/h12,15H,9-11,13,23H2,1-8H3. The van der Waals surface area contributed by atoms with Crippen LogP contribution in [0.1, 0.15) is 6.42 Å². The second-order valence-electron chi connectivity index (χ2n) is 5.69. The van der Waals surface area contributed by atoms with E-state index in [4.69, 9.17) is 26.6 Å². The van der Waals surface area contributed by atoms with Gasteiger partial charge in [-0.25, -0.2) is 0 Å². The van der Waals surface area contributed by atoms with Gasteiger partial charge in [-0.15, -0.1) is 0 Å². The van der Waals surface area contributed by atoms with Crippen molar-refractivity contribution in [3.63, 3.8) is 0 Å². The summed E-state index contributed by atoms with van der Waals surface area (Å²) in [6, 6.07) is 0.790. The molecule has 0 atom stereocenters. The molecule has 0 bridgehead atoms. The zero-order valence-electron chi connectivity index (χ0n) is 17.0. The molecule has 25 heavy (non-hydrogen) atoms. The van der Waals surface area contributed by atoms with Crippen molar-refractivity contribution in [3.05, 3.63) is 11.0 Å². The Kier molecular flexibility index (Phi) is 13.1. The van der Waals surface area contributed by atoms with Crippen molar-refractivity contribution in [3.8, 4) is 0 Å². The third-order valence-corrected chi connectivity index (χ3v) is 12.7. The van der Waals surface area contributed by atoms with E-state index in [9.17, 15) is 0 Å². The summed E-state index contributed by atoms with van der Waals surface area (Å²) < 4.78 is 33.2. The smallest absolute Gasteiger partial charge is 0.384 e. The Morgan fingerprint density at radius 3 is 1.84 bits per heavy atom. The predicted molar refractivity (Wildman–Crippen MR) is 106 cm³/mol. The van der Waals surface area contributed by atoms with Crippen LogP contribution in [0.15, 0.2) is 11.0 Å². The van der Waals surface area contributed by atoms with Gasteiger partial charge >= 0.3 is 17.6 Å². The maximum absolute atomic E-state index is 5.63. The maximum Gasteiger partial charge on any atom is 0.528 e. The van der Waals surface area contributed by atoms with E-state index >= 15 is 0 Å². The quantitative estimate of drug-likeness (QED) is 0.293. The van der Waals surface area contributed by atoms with Gasteiger partial charge in [0.25, 0.3) is 0 Å². The van der Waals surface area contributed by atoms with Crippen LogP contribution in [-0.4, -0.2) is 101 Å². The predicted octanol–water partition coefficient (Wildman–Crippen LogP) is -0.209. The fraction of sp³-hybridized carbons (Fsp3) is 0.857. The summed E-state index contributed by atoms with van der Waals surface area (Å²) in [5.74, 6) is 0. The lowest BCUT2D eigenvalue weighted by Gasteiger charge is -2.28. The lowest BCUT2D eigenvalue weighted by atomic mass is 10.5. The minimum atomic E-state index is -2.74. The van der Waals surface area contributed by atoms with E-state index in [0.717, 1.165) is 25.2 Å². The Morgan fingerprint density at radius 2 is 1.44 bits per heavy atom. The summed E-state index contributed by atoms with van der Waals surface area (Å²) >= 11 is 0. The molecule has 1 N–H and O–H groups in total. The topological polar surface area (TPSA) is 70.7 Å². The summed E-state index contributed by atoms with van der Waals surface area (Å²) in [5, 5.41) is 3.49. The first-order valence-electron chi connectivity index (χ1n) is 8.28. The SMILES string of the molecule is CO[Si](CCCNC[SiH2]C(=CN(C)C)[Si](OC)(OC)OC)(OC)OC. The first kappa shape index (κ1) is 24.9. The van der Waals surface area contributed by atoms with Crippen molar-refractivity contribution in [2.45, 2.75) is 12.5 Å². The molecule has 0 aliphatic carbocycles. The van der Waals surface area contributed by atoms with Crippen LogP contribution in [0.4, 0.5) is 0 Å². The van der Waals surface area contributed by atoms with Gasteiger partial charge in [0, 0.05) is 62.8 Å². The minimum Gasteiger partial charge on any atom is -0.384 e. The van der Waals surface area contributed by atoms with Gasteiger partial charge in [0.15, 0.2) is 0 Å². The van der Waals surface area contributed by atoms with E-state index in [0.29, 0.717) is 0 Å². The highest BCUT2D eigenvalue weighted by molar-refractivity contribution is 6.83. The van der Waals surface area contributed by atoms with Crippen LogP contribution >= 0.6 is 0 Å². The molecular formula is C14H36N2O6Si3. The van der Waals surface area contributed by atoms with Crippen molar-refractivity contribution in [1.29, 1.82) is 0 Å². The molecule has 0 amide bonds. The molecule has 0 rings (SSSR count). The van der Waals surface area contributed by atoms with Crippen LogP contribution in [0, 0.1) is 0 Å². The summed E-state index contributed by atoms with van der Waals surface area (Å²) in [4.78, 5) is 3.18. The molecule has 0 aromatic rings. The summed E-state index contributed by atoms with van der Waals surface area (Å²) in [5.41, 5.74) is 0. The number of hydrogen-bond acceptors (Lipinski definition) is 8. The highest BCUT2D eigenvalue weighted by Gasteiger charge is 2.42. The molecule has 0 spiro atoms. The fourth-order valence-electron chi connectivity index (χ4n) is 2.59.